The summed E-state index contributed by atoms with van der Waals surface area (Å²) in [6, 6.07) is 0. The van der Waals surface area contributed by atoms with Crippen LogP contribution in [0.15, 0.2) is 6.20 Å². The molecule has 1 heterocycles. The first kappa shape index (κ1) is 7.06. The van der Waals surface area contributed by atoms with E-state index >= 15 is 0 Å². The topological polar surface area (TPSA) is 68.0 Å². The number of rotatable bonds is 2. The molecule has 3 aliphatic carbocycles. The van der Waals surface area contributed by atoms with Gasteiger partial charge in [-0.15, -0.1) is 5.10 Å². The molecule has 0 aliphatic heterocycles. The maximum atomic E-state index is 10.5. The Morgan fingerprint density at radius 3 is 2.69 bits per heavy atom. The molecule has 0 aromatic carbocycles. The minimum atomic E-state index is -1.00. The average Bonchev–Trinajstić information content (AvgIpc) is 2.28. The molecule has 2 bridgehead atoms. The molecule has 3 saturated carbocycles. The van der Waals surface area contributed by atoms with E-state index < -0.39 is 5.97 Å². The number of hydrogen-bond acceptors (Lipinski definition) is 3. The lowest BCUT2D eigenvalue weighted by molar-refractivity contribution is -0.0989. The van der Waals surface area contributed by atoms with E-state index in [-0.39, 0.29) is 11.2 Å². The van der Waals surface area contributed by atoms with Gasteiger partial charge >= 0.3 is 5.97 Å². The number of aromatic nitrogens is 3. The first-order valence-corrected chi connectivity index (χ1v) is 4.36. The van der Waals surface area contributed by atoms with Crippen LogP contribution < -0.4 is 0 Å². The van der Waals surface area contributed by atoms with Gasteiger partial charge in [0.1, 0.15) is 0 Å². The number of nitrogens with zero attached hydrogens (tertiary/aromatic N) is 3. The summed E-state index contributed by atoms with van der Waals surface area (Å²) in [6.45, 7) is 0. The van der Waals surface area contributed by atoms with E-state index in [1.807, 2.05) is 0 Å². The highest BCUT2D eigenvalue weighted by Gasteiger charge is 2.58. The summed E-state index contributed by atoms with van der Waals surface area (Å²) >= 11 is 0. The molecular weight excluding hydrogens is 170 g/mol. The van der Waals surface area contributed by atoms with Crippen LogP contribution >= 0.6 is 0 Å². The summed E-state index contributed by atoms with van der Waals surface area (Å²) < 4.78 is 1.73. The Balaban J connectivity index is 1.93. The van der Waals surface area contributed by atoms with Crippen LogP contribution in [0.4, 0.5) is 0 Å². The minimum Gasteiger partial charge on any atom is -0.476 e. The summed E-state index contributed by atoms with van der Waals surface area (Å²) in [5.74, 6) is -0.143. The van der Waals surface area contributed by atoms with Crippen molar-refractivity contribution in [2.75, 3.05) is 0 Å². The molecule has 0 unspecified atom stereocenters. The normalized spacial score (nSPS) is 34.9. The third kappa shape index (κ3) is 0.740. The van der Waals surface area contributed by atoms with Crippen LogP contribution in [0.1, 0.15) is 29.8 Å². The van der Waals surface area contributed by atoms with Gasteiger partial charge in [0.2, 0.25) is 0 Å². The molecule has 3 fully saturated rings. The largest absolute Gasteiger partial charge is 0.476 e. The van der Waals surface area contributed by atoms with E-state index in [0.717, 1.165) is 25.2 Å². The third-order valence-corrected chi connectivity index (χ3v) is 3.20. The van der Waals surface area contributed by atoms with Crippen molar-refractivity contribution < 1.29 is 9.90 Å². The number of carbonyl (C=O) groups is 1. The van der Waals surface area contributed by atoms with Crippen molar-refractivity contribution in [2.24, 2.45) is 5.92 Å². The lowest BCUT2D eigenvalue weighted by Gasteiger charge is -2.61. The van der Waals surface area contributed by atoms with Crippen molar-refractivity contribution in [2.45, 2.75) is 24.8 Å². The Kier molecular flexibility index (Phi) is 1.04. The monoisotopic (exact) mass is 179 g/mol. The summed E-state index contributed by atoms with van der Waals surface area (Å²) in [5, 5.41) is 16.1. The highest BCUT2D eigenvalue weighted by molar-refractivity contribution is 5.84. The molecule has 3 aliphatic rings. The molecule has 13 heavy (non-hydrogen) atoms. The summed E-state index contributed by atoms with van der Waals surface area (Å²) in [7, 11) is 0. The SMILES string of the molecule is O=C(O)c1cn(C23CC(C2)C3)nn1. The fourth-order valence-electron chi connectivity index (χ4n) is 2.31. The Morgan fingerprint density at radius 2 is 2.31 bits per heavy atom. The van der Waals surface area contributed by atoms with E-state index in [9.17, 15) is 4.79 Å². The fourth-order valence-corrected chi connectivity index (χ4v) is 2.31. The van der Waals surface area contributed by atoms with Gasteiger partial charge in [-0.3, -0.25) is 0 Å². The maximum absolute atomic E-state index is 10.5. The van der Waals surface area contributed by atoms with E-state index in [1.54, 1.807) is 4.68 Å². The summed E-state index contributed by atoms with van der Waals surface area (Å²) in [4.78, 5) is 10.5. The van der Waals surface area contributed by atoms with Crippen LogP contribution in [0.5, 0.6) is 0 Å². The lowest BCUT2D eigenvalue weighted by Crippen LogP contribution is -2.59. The van der Waals surface area contributed by atoms with Gasteiger partial charge in [-0.25, -0.2) is 9.48 Å². The van der Waals surface area contributed by atoms with Gasteiger partial charge in [0, 0.05) is 0 Å². The van der Waals surface area contributed by atoms with E-state index in [1.165, 1.54) is 6.20 Å². The first-order chi connectivity index (χ1) is 6.20. The molecule has 1 N–H and O–H groups in total. The van der Waals surface area contributed by atoms with Crippen LogP contribution in [0.25, 0.3) is 0 Å². The standard InChI is InChI=1S/C8H9N3O2/c12-7(13)6-4-11(10-9-6)8-1-5(2-8)3-8/h4-5H,1-3H2,(H,12,13). The second kappa shape index (κ2) is 1.92. The highest BCUT2D eigenvalue weighted by Crippen LogP contribution is 2.61. The average molecular weight is 179 g/mol. The molecule has 5 heteroatoms. The van der Waals surface area contributed by atoms with Crippen LogP contribution in [0, 0.1) is 5.92 Å². The van der Waals surface area contributed by atoms with Gasteiger partial charge in [0.25, 0.3) is 0 Å². The second-order valence-electron chi connectivity index (χ2n) is 4.06. The molecule has 4 rings (SSSR count). The van der Waals surface area contributed by atoms with Crippen molar-refractivity contribution in [1.82, 2.24) is 15.0 Å². The Hall–Kier alpha value is -1.39. The molecule has 0 radical (unpaired) electrons. The van der Waals surface area contributed by atoms with Crippen molar-refractivity contribution in [3.05, 3.63) is 11.9 Å². The van der Waals surface area contributed by atoms with E-state index in [0.29, 0.717) is 0 Å². The molecule has 0 spiro atoms. The zero-order valence-corrected chi connectivity index (χ0v) is 6.97. The van der Waals surface area contributed by atoms with E-state index in [2.05, 4.69) is 10.3 Å². The van der Waals surface area contributed by atoms with Crippen molar-refractivity contribution >= 4 is 5.97 Å². The molecule has 1 aromatic rings. The Morgan fingerprint density at radius 1 is 1.62 bits per heavy atom. The minimum absolute atomic E-state index is 0.0460. The van der Waals surface area contributed by atoms with E-state index in [4.69, 9.17) is 5.11 Å². The predicted molar refractivity (Wildman–Crippen MR) is 42.3 cm³/mol. The molecular formula is C8H9N3O2. The van der Waals surface area contributed by atoms with Gasteiger partial charge in [-0.1, -0.05) is 5.21 Å². The molecule has 5 nitrogen and oxygen atoms in total. The maximum Gasteiger partial charge on any atom is 0.358 e. The van der Waals surface area contributed by atoms with Crippen molar-refractivity contribution in [3.63, 3.8) is 0 Å². The fraction of sp³-hybridized carbons (Fsp3) is 0.625. The van der Waals surface area contributed by atoms with Gasteiger partial charge in [0.05, 0.1) is 11.7 Å². The van der Waals surface area contributed by atoms with Crippen LogP contribution in [0.2, 0.25) is 0 Å². The van der Waals surface area contributed by atoms with Crippen LogP contribution in [-0.2, 0) is 5.54 Å². The molecule has 0 atom stereocenters. The number of carboxylic acid groups (broad SMARTS) is 1. The predicted octanol–water partition coefficient (Wildman–Crippen LogP) is 0.485. The second-order valence-corrected chi connectivity index (χ2v) is 4.06. The molecule has 0 amide bonds. The summed E-state index contributed by atoms with van der Waals surface area (Å²) in [5.41, 5.74) is 0.190. The molecule has 68 valence electrons. The zero-order valence-electron chi connectivity index (χ0n) is 6.97. The number of hydrogen-bond donors (Lipinski definition) is 1. The molecule has 1 aromatic heterocycles. The smallest absolute Gasteiger partial charge is 0.358 e. The van der Waals surface area contributed by atoms with Crippen LogP contribution in [0.3, 0.4) is 0 Å². The number of aromatic carboxylic acids is 1. The summed E-state index contributed by atoms with van der Waals surface area (Å²) in [6.07, 6.45) is 4.98. The zero-order chi connectivity index (χ0) is 9.05. The van der Waals surface area contributed by atoms with Gasteiger partial charge < -0.3 is 5.11 Å². The lowest BCUT2D eigenvalue weighted by atomic mass is 9.50. The Labute approximate surface area is 74.4 Å². The Bertz CT molecular complexity index is 367. The molecule has 0 saturated heterocycles. The van der Waals surface area contributed by atoms with Crippen molar-refractivity contribution in [1.29, 1.82) is 0 Å². The van der Waals surface area contributed by atoms with Gasteiger partial charge in [0.15, 0.2) is 5.69 Å². The number of carboxylic acids is 1. The third-order valence-electron chi connectivity index (χ3n) is 3.20. The van der Waals surface area contributed by atoms with Gasteiger partial charge in [-0.2, -0.15) is 0 Å². The first-order valence-electron chi connectivity index (χ1n) is 4.36. The van der Waals surface area contributed by atoms with Crippen molar-refractivity contribution in [3.8, 4) is 0 Å². The quantitative estimate of drug-likeness (QED) is 0.717. The van der Waals surface area contributed by atoms with Crippen LogP contribution in [-0.4, -0.2) is 26.1 Å². The highest BCUT2D eigenvalue weighted by atomic mass is 16.4. The van der Waals surface area contributed by atoms with Gasteiger partial charge in [-0.05, 0) is 25.2 Å².